The Morgan fingerprint density at radius 1 is 1.44 bits per heavy atom. The fourth-order valence-electron chi connectivity index (χ4n) is 1.24. The number of halogens is 1. The van der Waals surface area contributed by atoms with E-state index in [0.29, 0.717) is 0 Å². The minimum atomic E-state index is -0.658. The van der Waals surface area contributed by atoms with E-state index in [-0.39, 0.29) is 22.2 Å². The van der Waals surface area contributed by atoms with Gasteiger partial charge in [-0.2, -0.15) is 0 Å². The summed E-state index contributed by atoms with van der Waals surface area (Å²) in [5.74, 6) is -0.777. The van der Waals surface area contributed by atoms with Crippen molar-refractivity contribution in [1.82, 2.24) is 4.98 Å². The van der Waals surface area contributed by atoms with Gasteiger partial charge < -0.3 is 9.73 Å². The molecule has 0 radical (unpaired) electrons. The molecular formula is C10H6ClN3O4. The number of pyridine rings is 1. The van der Waals surface area contributed by atoms with Gasteiger partial charge in [0.2, 0.25) is 5.82 Å². The number of furan rings is 1. The Morgan fingerprint density at radius 2 is 2.22 bits per heavy atom. The summed E-state index contributed by atoms with van der Waals surface area (Å²) in [5.41, 5.74) is -0.109. The molecule has 0 fully saturated rings. The van der Waals surface area contributed by atoms with Gasteiger partial charge in [0.25, 0.3) is 5.91 Å². The third-order valence-electron chi connectivity index (χ3n) is 2.05. The van der Waals surface area contributed by atoms with E-state index in [1.54, 1.807) is 0 Å². The summed E-state index contributed by atoms with van der Waals surface area (Å²) in [7, 11) is 0. The maximum atomic E-state index is 11.7. The van der Waals surface area contributed by atoms with E-state index in [0.717, 1.165) is 0 Å². The standard InChI is InChI=1S/C10H6ClN3O4/c11-8-2-1-7(14(16)17)9(12-8)13-10(15)6-3-4-18-5-6/h1-5H,(H,12,13,15). The van der Waals surface area contributed by atoms with Crippen LogP contribution in [-0.2, 0) is 0 Å². The topological polar surface area (TPSA) is 98.3 Å². The van der Waals surface area contributed by atoms with Crippen molar-refractivity contribution < 1.29 is 14.1 Å². The molecule has 0 unspecified atom stereocenters. The number of aromatic nitrogens is 1. The maximum absolute atomic E-state index is 11.7. The molecule has 2 rings (SSSR count). The number of carbonyl (C=O) groups excluding carboxylic acids is 1. The normalized spacial score (nSPS) is 10.1. The lowest BCUT2D eigenvalue weighted by Gasteiger charge is -2.03. The molecule has 2 aromatic rings. The Hall–Kier alpha value is -2.41. The highest BCUT2D eigenvalue weighted by Gasteiger charge is 2.19. The predicted octanol–water partition coefficient (Wildman–Crippen LogP) is 2.49. The van der Waals surface area contributed by atoms with Gasteiger partial charge in [-0.3, -0.25) is 14.9 Å². The second kappa shape index (κ2) is 4.84. The smallest absolute Gasteiger partial charge is 0.311 e. The van der Waals surface area contributed by atoms with Gasteiger partial charge in [-0.25, -0.2) is 4.98 Å². The van der Waals surface area contributed by atoms with Crippen molar-refractivity contribution in [3.63, 3.8) is 0 Å². The number of rotatable bonds is 3. The van der Waals surface area contributed by atoms with Gasteiger partial charge in [-0.15, -0.1) is 0 Å². The molecule has 0 aromatic carbocycles. The summed E-state index contributed by atoms with van der Waals surface area (Å²) < 4.78 is 4.73. The number of amides is 1. The summed E-state index contributed by atoms with van der Waals surface area (Å²) in [6.07, 6.45) is 2.53. The summed E-state index contributed by atoms with van der Waals surface area (Å²) >= 11 is 5.63. The van der Waals surface area contributed by atoms with Crippen LogP contribution in [0.25, 0.3) is 0 Å². The molecule has 1 N–H and O–H groups in total. The number of nitro groups is 1. The lowest BCUT2D eigenvalue weighted by atomic mass is 10.3. The predicted molar refractivity (Wildman–Crippen MR) is 62.6 cm³/mol. The number of hydrogen-bond donors (Lipinski definition) is 1. The average Bonchev–Trinajstić information content (AvgIpc) is 2.81. The Kier molecular flexibility index (Phi) is 3.24. The third kappa shape index (κ3) is 2.46. The second-order valence-electron chi connectivity index (χ2n) is 3.22. The third-order valence-corrected chi connectivity index (χ3v) is 2.26. The molecular weight excluding hydrogens is 262 g/mol. The van der Waals surface area contributed by atoms with Crippen molar-refractivity contribution in [2.45, 2.75) is 0 Å². The van der Waals surface area contributed by atoms with Gasteiger partial charge in [0, 0.05) is 6.07 Å². The first-order valence-corrected chi connectivity index (χ1v) is 5.10. The van der Waals surface area contributed by atoms with Crippen LogP contribution < -0.4 is 5.32 Å². The lowest BCUT2D eigenvalue weighted by Crippen LogP contribution is -2.13. The summed E-state index contributed by atoms with van der Waals surface area (Å²) in [5, 5.41) is 13.1. The fourth-order valence-corrected chi connectivity index (χ4v) is 1.39. The van der Waals surface area contributed by atoms with Gasteiger partial charge in [0.15, 0.2) is 0 Å². The molecule has 0 saturated heterocycles. The highest BCUT2D eigenvalue weighted by molar-refractivity contribution is 6.29. The van der Waals surface area contributed by atoms with Crippen LogP contribution in [0.2, 0.25) is 5.15 Å². The maximum Gasteiger partial charge on any atom is 0.311 e. The van der Waals surface area contributed by atoms with Gasteiger partial charge in [-0.05, 0) is 12.1 Å². The van der Waals surface area contributed by atoms with Crippen LogP contribution in [-0.4, -0.2) is 15.8 Å². The molecule has 0 aliphatic rings. The molecule has 0 atom stereocenters. The molecule has 0 aliphatic heterocycles. The van der Waals surface area contributed by atoms with E-state index in [9.17, 15) is 14.9 Å². The van der Waals surface area contributed by atoms with Crippen molar-refractivity contribution >= 4 is 29.0 Å². The van der Waals surface area contributed by atoms with Crippen LogP contribution in [0, 0.1) is 10.1 Å². The zero-order valence-corrected chi connectivity index (χ0v) is 9.55. The van der Waals surface area contributed by atoms with E-state index in [1.165, 1.54) is 30.7 Å². The molecule has 8 heteroatoms. The highest BCUT2D eigenvalue weighted by atomic mass is 35.5. The molecule has 0 aliphatic carbocycles. The first-order chi connectivity index (χ1) is 8.58. The molecule has 0 saturated carbocycles. The number of nitrogens with zero attached hydrogens (tertiary/aromatic N) is 2. The van der Waals surface area contributed by atoms with Crippen LogP contribution in [0.3, 0.4) is 0 Å². The highest BCUT2D eigenvalue weighted by Crippen LogP contribution is 2.24. The van der Waals surface area contributed by atoms with Gasteiger partial charge in [0.1, 0.15) is 11.4 Å². The second-order valence-corrected chi connectivity index (χ2v) is 3.61. The minimum Gasteiger partial charge on any atom is -0.472 e. The summed E-state index contributed by atoms with van der Waals surface area (Å²) in [4.78, 5) is 25.5. The molecule has 2 aromatic heterocycles. The summed E-state index contributed by atoms with van der Waals surface area (Å²) in [6, 6.07) is 3.86. The van der Waals surface area contributed by atoms with E-state index in [2.05, 4.69) is 10.3 Å². The van der Waals surface area contributed by atoms with E-state index < -0.39 is 10.8 Å². The molecule has 0 spiro atoms. The molecule has 7 nitrogen and oxygen atoms in total. The van der Waals surface area contributed by atoms with Crippen molar-refractivity contribution in [1.29, 1.82) is 0 Å². The first kappa shape index (κ1) is 12.1. The van der Waals surface area contributed by atoms with Crippen molar-refractivity contribution in [3.05, 3.63) is 51.6 Å². The van der Waals surface area contributed by atoms with Gasteiger partial charge in [0.05, 0.1) is 16.7 Å². The van der Waals surface area contributed by atoms with Crippen molar-refractivity contribution in [2.75, 3.05) is 5.32 Å². The zero-order chi connectivity index (χ0) is 13.1. The van der Waals surface area contributed by atoms with Crippen molar-refractivity contribution in [2.24, 2.45) is 0 Å². The van der Waals surface area contributed by atoms with Crippen LogP contribution >= 0.6 is 11.6 Å². The van der Waals surface area contributed by atoms with Gasteiger partial charge in [-0.1, -0.05) is 11.6 Å². The van der Waals surface area contributed by atoms with Gasteiger partial charge >= 0.3 is 5.69 Å². The van der Waals surface area contributed by atoms with Crippen LogP contribution in [0.4, 0.5) is 11.5 Å². The number of anilines is 1. The van der Waals surface area contributed by atoms with E-state index in [4.69, 9.17) is 16.0 Å². The van der Waals surface area contributed by atoms with Crippen LogP contribution in [0.1, 0.15) is 10.4 Å². The number of nitrogens with one attached hydrogen (secondary N) is 1. The number of hydrogen-bond acceptors (Lipinski definition) is 5. The number of carbonyl (C=O) groups is 1. The lowest BCUT2D eigenvalue weighted by molar-refractivity contribution is -0.384. The molecule has 1 amide bonds. The average molecular weight is 268 g/mol. The largest absolute Gasteiger partial charge is 0.472 e. The minimum absolute atomic E-state index is 0.0445. The Balaban J connectivity index is 2.31. The monoisotopic (exact) mass is 267 g/mol. The zero-order valence-electron chi connectivity index (χ0n) is 8.79. The molecule has 0 bridgehead atoms. The van der Waals surface area contributed by atoms with E-state index in [1.807, 2.05) is 0 Å². The fraction of sp³-hybridized carbons (Fsp3) is 0. The quantitative estimate of drug-likeness (QED) is 0.523. The Morgan fingerprint density at radius 3 is 2.83 bits per heavy atom. The van der Waals surface area contributed by atoms with Crippen LogP contribution in [0.5, 0.6) is 0 Å². The molecule has 18 heavy (non-hydrogen) atoms. The Labute approximate surface area is 106 Å². The van der Waals surface area contributed by atoms with E-state index >= 15 is 0 Å². The first-order valence-electron chi connectivity index (χ1n) is 4.72. The SMILES string of the molecule is O=C(Nc1nc(Cl)ccc1[N+](=O)[O-])c1ccoc1. The van der Waals surface area contributed by atoms with Crippen LogP contribution in [0.15, 0.2) is 35.1 Å². The summed E-state index contributed by atoms with van der Waals surface area (Å²) in [6.45, 7) is 0. The Bertz CT molecular complexity index is 597. The van der Waals surface area contributed by atoms with Crippen molar-refractivity contribution in [3.8, 4) is 0 Å². The molecule has 2 heterocycles. The molecule has 92 valence electrons.